The number of nitrogens with one attached hydrogen (secondary N) is 1. The molecule has 1 aliphatic heterocycles. The molecular weight excluding hydrogens is 258 g/mol. The molecule has 1 aliphatic rings. The summed E-state index contributed by atoms with van der Waals surface area (Å²) >= 11 is 0. The topological polar surface area (TPSA) is 28.2 Å². The van der Waals surface area contributed by atoms with Gasteiger partial charge in [-0.2, -0.15) is 0 Å². The van der Waals surface area contributed by atoms with E-state index in [0.29, 0.717) is 6.04 Å². The van der Waals surface area contributed by atoms with E-state index in [9.17, 15) is 0 Å². The first-order chi connectivity index (χ1) is 10.0. The first-order valence-electron chi connectivity index (χ1n) is 7.90. The van der Waals surface area contributed by atoms with E-state index in [1.54, 1.807) is 0 Å². The highest BCUT2D eigenvalue weighted by atomic mass is 15.2. The second-order valence-corrected chi connectivity index (χ2v) is 6.98. The van der Waals surface area contributed by atoms with Gasteiger partial charge in [-0.05, 0) is 51.8 Å². The first-order valence-corrected chi connectivity index (χ1v) is 7.90. The van der Waals surface area contributed by atoms with Gasteiger partial charge < -0.3 is 10.2 Å². The van der Waals surface area contributed by atoms with Crippen molar-refractivity contribution in [3.05, 3.63) is 36.4 Å². The van der Waals surface area contributed by atoms with Gasteiger partial charge >= 0.3 is 0 Å². The standard InChI is InChI=1S/C18H25N3/c1-18(2,3)19-13-15-8-6-12-21(15)17-11-10-14-7-4-5-9-16(14)20-17/h4-5,7,9-11,15,19H,6,8,12-13H2,1-3H3. The molecule has 1 fully saturated rings. The summed E-state index contributed by atoms with van der Waals surface area (Å²) in [4.78, 5) is 7.31. The highest BCUT2D eigenvalue weighted by Gasteiger charge is 2.26. The van der Waals surface area contributed by atoms with Gasteiger partial charge in [0, 0.05) is 30.1 Å². The summed E-state index contributed by atoms with van der Waals surface area (Å²) in [7, 11) is 0. The van der Waals surface area contributed by atoms with Gasteiger partial charge in [-0.3, -0.25) is 0 Å². The Morgan fingerprint density at radius 2 is 2.00 bits per heavy atom. The van der Waals surface area contributed by atoms with E-state index in [1.807, 2.05) is 0 Å². The third kappa shape index (κ3) is 3.35. The Hall–Kier alpha value is -1.61. The molecule has 1 atom stereocenters. The third-order valence-corrected chi connectivity index (χ3v) is 4.12. The molecule has 1 unspecified atom stereocenters. The number of nitrogens with zero attached hydrogens (tertiary/aromatic N) is 2. The number of anilines is 1. The van der Waals surface area contributed by atoms with Crippen LogP contribution in [0.4, 0.5) is 5.82 Å². The molecule has 0 amide bonds. The van der Waals surface area contributed by atoms with Gasteiger partial charge in [0.1, 0.15) is 5.82 Å². The maximum Gasteiger partial charge on any atom is 0.129 e. The molecule has 1 aromatic carbocycles. The molecule has 3 rings (SSSR count). The molecule has 0 aliphatic carbocycles. The van der Waals surface area contributed by atoms with Crippen molar-refractivity contribution in [2.45, 2.75) is 45.2 Å². The number of aromatic nitrogens is 1. The number of fused-ring (bicyclic) bond motifs is 1. The van der Waals surface area contributed by atoms with Gasteiger partial charge in [-0.1, -0.05) is 18.2 Å². The van der Waals surface area contributed by atoms with Crippen molar-refractivity contribution in [1.82, 2.24) is 10.3 Å². The first kappa shape index (κ1) is 14.3. The molecule has 0 bridgehead atoms. The molecule has 0 saturated carbocycles. The molecule has 1 aromatic heterocycles. The fourth-order valence-electron chi connectivity index (χ4n) is 2.99. The van der Waals surface area contributed by atoms with Crippen LogP contribution in [0.1, 0.15) is 33.6 Å². The molecule has 2 heterocycles. The maximum atomic E-state index is 4.85. The van der Waals surface area contributed by atoms with Crippen molar-refractivity contribution in [3.8, 4) is 0 Å². The Morgan fingerprint density at radius 1 is 1.19 bits per heavy atom. The predicted molar refractivity (Wildman–Crippen MR) is 89.9 cm³/mol. The predicted octanol–water partition coefficient (Wildman–Crippen LogP) is 3.59. The molecular formula is C18H25N3. The lowest BCUT2D eigenvalue weighted by Crippen LogP contribution is -2.45. The summed E-state index contributed by atoms with van der Waals surface area (Å²) < 4.78 is 0. The lowest BCUT2D eigenvalue weighted by atomic mass is 10.1. The molecule has 21 heavy (non-hydrogen) atoms. The van der Waals surface area contributed by atoms with Crippen LogP contribution in [-0.4, -0.2) is 29.7 Å². The molecule has 1 N–H and O–H groups in total. The zero-order valence-corrected chi connectivity index (χ0v) is 13.3. The fraction of sp³-hybridized carbons (Fsp3) is 0.500. The lowest BCUT2D eigenvalue weighted by Gasteiger charge is -2.30. The number of rotatable bonds is 3. The van der Waals surface area contributed by atoms with Crippen LogP contribution in [0.2, 0.25) is 0 Å². The Kier molecular flexibility index (Phi) is 3.85. The summed E-state index contributed by atoms with van der Waals surface area (Å²) in [5.74, 6) is 1.12. The van der Waals surface area contributed by atoms with Gasteiger partial charge in [0.25, 0.3) is 0 Å². The SMILES string of the molecule is CC(C)(C)NCC1CCCN1c1ccc2ccccc2n1. The highest BCUT2D eigenvalue weighted by molar-refractivity contribution is 5.80. The minimum Gasteiger partial charge on any atom is -0.352 e. The minimum atomic E-state index is 0.172. The minimum absolute atomic E-state index is 0.172. The van der Waals surface area contributed by atoms with Crippen LogP contribution in [0.15, 0.2) is 36.4 Å². The van der Waals surface area contributed by atoms with Gasteiger partial charge in [0.2, 0.25) is 0 Å². The van der Waals surface area contributed by atoms with Gasteiger partial charge in [0.15, 0.2) is 0 Å². The number of hydrogen-bond donors (Lipinski definition) is 1. The second-order valence-electron chi connectivity index (χ2n) is 6.98. The van der Waals surface area contributed by atoms with Crippen LogP contribution in [0.25, 0.3) is 10.9 Å². The van der Waals surface area contributed by atoms with E-state index >= 15 is 0 Å². The Bertz CT molecular complexity index is 615. The normalized spacial score (nSPS) is 19.4. The number of hydrogen-bond acceptors (Lipinski definition) is 3. The number of pyridine rings is 1. The molecule has 1 saturated heterocycles. The van der Waals surface area contributed by atoms with E-state index < -0.39 is 0 Å². The van der Waals surface area contributed by atoms with Crippen LogP contribution in [0, 0.1) is 0 Å². The average molecular weight is 283 g/mol. The lowest BCUT2D eigenvalue weighted by molar-refractivity contribution is 0.404. The fourth-order valence-corrected chi connectivity index (χ4v) is 2.99. The molecule has 0 radical (unpaired) electrons. The second kappa shape index (κ2) is 5.64. The van der Waals surface area contributed by atoms with E-state index in [-0.39, 0.29) is 5.54 Å². The van der Waals surface area contributed by atoms with Crippen LogP contribution in [0.5, 0.6) is 0 Å². The highest BCUT2D eigenvalue weighted by Crippen LogP contribution is 2.25. The Morgan fingerprint density at radius 3 is 2.81 bits per heavy atom. The summed E-state index contributed by atoms with van der Waals surface area (Å²) in [5.41, 5.74) is 1.26. The Labute approximate surface area is 127 Å². The summed E-state index contributed by atoms with van der Waals surface area (Å²) in [6.07, 6.45) is 2.50. The number of para-hydroxylation sites is 1. The van der Waals surface area contributed by atoms with Gasteiger partial charge in [0.05, 0.1) is 5.52 Å². The van der Waals surface area contributed by atoms with Crippen LogP contribution in [-0.2, 0) is 0 Å². The van der Waals surface area contributed by atoms with Crippen LogP contribution in [0.3, 0.4) is 0 Å². The average Bonchev–Trinajstić information content (AvgIpc) is 2.92. The van der Waals surface area contributed by atoms with Crippen molar-refractivity contribution in [1.29, 1.82) is 0 Å². The van der Waals surface area contributed by atoms with Gasteiger partial charge in [-0.25, -0.2) is 4.98 Å². The zero-order chi connectivity index (χ0) is 14.9. The van der Waals surface area contributed by atoms with Crippen molar-refractivity contribution in [2.75, 3.05) is 18.0 Å². The van der Waals surface area contributed by atoms with E-state index in [0.717, 1.165) is 24.4 Å². The molecule has 3 nitrogen and oxygen atoms in total. The van der Waals surface area contributed by atoms with Gasteiger partial charge in [-0.15, -0.1) is 0 Å². The largest absolute Gasteiger partial charge is 0.352 e. The van der Waals surface area contributed by atoms with Crippen molar-refractivity contribution >= 4 is 16.7 Å². The quantitative estimate of drug-likeness (QED) is 0.933. The van der Waals surface area contributed by atoms with E-state index in [1.165, 1.54) is 18.2 Å². The van der Waals surface area contributed by atoms with Crippen LogP contribution >= 0.6 is 0 Å². The van der Waals surface area contributed by atoms with Crippen LogP contribution < -0.4 is 10.2 Å². The molecule has 112 valence electrons. The smallest absolute Gasteiger partial charge is 0.129 e. The van der Waals surface area contributed by atoms with Crippen molar-refractivity contribution < 1.29 is 0 Å². The summed E-state index contributed by atoms with van der Waals surface area (Å²) in [6.45, 7) is 8.81. The molecule has 0 spiro atoms. The van der Waals surface area contributed by atoms with Crippen molar-refractivity contribution in [3.63, 3.8) is 0 Å². The zero-order valence-electron chi connectivity index (χ0n) is 13.3. The third-order valence-electron chi connectivity index (χ3n) is 4.12. The monoisotopic (exact) mass is 283 g/mol. The van der Waals surface area contributed by atoms with Crippen molar-refractivity contribution in [2.24, 2.45) is 0 Å². The van der Waals surface area contributed by atoms with E-state index in [2.05, 4.69) is 67.4 Å². The molecule has 3 heteroatoms. The number of benzene rings is 1. The summed E-state index contributed by atoms with van der Waals surface area (Å²) in [5, 5.41) is 4.84. The van der Waals surface area contributed by atoms with E-state index in [4.69, 9.17) is 4.98 Å². The maximum absolute atomic E-state index is 4.85. The Balaban J connectivity index is 1.79. The molecule has 2 aromatic rings. The summed E-state index contributed by atoms with van der Waals surface area (Å²) in [6, 6.07) is 13.2.